The van der Waals surface area contributed by atoms with E-state index in [2.05, 4.69) is 44.3 Å². The van der Waals surface area contributed by atoms with Gasteiger partial charge in [-0.05, 0) is 18.5 Å². The summed E-state index contributed by atoms with van der Waals surface area (Å²) >= 11 is 0. The Kier molecular flexibility index (Phi) is 9.44. The van der Waals surface area contributed by atoms with Gasteiger partial charge in [0.15, 0.2) is 0 Å². The maximum absolute atomic E-state index is 3.47. The van der Waals surface area contributed by atoms with E-state index in [1.165, 1.54) is 0 Å². The van der Waals surface area contributed by atoms with Crippen molar-refractivity contribution in [3.8, 4) is 0 Å². The van der Waals surface area contributed by atoms with Crippen molar-refractivity contribution in [2.24, 2.45) is 0 Å². The van der Waals surface area contributed by atoms with Crippen LogP contribution in [0.25, 0.3) is 0 Å². The Morgan fingerprint density at radius 3 is 1.77 bits per heavy atom. The molecule has 0 saturated carbocycles. The van der Waals surface area contributed by atoms with E-state index in [1.54, 1.807) is 18.5 Å². The van der Waals surface area contributed by atoms with Crippen LogP contribution >= 0.6 is 7.92 Å². The molecule has 0 amide bonds. The summed E-state index contributed by atoms with van der Waals surface area (Å²) in [6, 6.07) is 1.78. The largest absolute Gasteiger partial charge is 1.00 e. The second kappa shape index (κ2) is 7.75. The molecule has 0 spiro atoms. The van der Waals surface area contributed by atoms with Crippen LogP contribution < -0.4 is 5.10 Å². The number of aromatic nitrogens is 2. The zero-order valence-electron chi connectivity index (χ0n) is 8.88. The predicted octanol–water partition coefficient (Wildman–Crippen LogP) is 2.56. The zero-order chi connectivity index (χ0) is 9.61. The van der Waals surface area contributed by atoms with Gasteiger partial charge in [-0.2, -0.15) is 6.20 Å². The Hall–Kier alpha value is 0.380. The average Bonchev–Trinajstić information content (AvgIpc) is 2.39. The fourth-order valence-corrected chi connectivity index (χ4v) is 0.192. The Bertz CT molecular complexity index is 163. The van der Waals surface area contributed by atoms with E-state index in [9.17, 15) is 0 Å². The SMILES string of the molecule is CP(C)C(C)(C)C.[Au+].c1cn[n-]c1. The van der Waals surface area contributed by atoms with Gasteiger partial charge in [-0.1, -0.05) is 26.8 Å². The molecule has 0 aliphatic heterocycles. The molecule has 2 nitrogen and oxygen atoms in total. The molecular weight excluding hydrogens is 364 g/mol. The maximum Gasteiger partial charge on any atom is 1.00 e. The van der Waals surface area contributed by atoms with E-state index in [0.29, 0.717) is 5.16 Å². The first-order valence-electron chi connectivity index (χ1n) is 4.00. The molecule has 0 unspecified atom stereocenters. The molecule has 1 aromatic rings. The first kappa shape index (κ1) is 15.8. The monoisotopic (exact) mass is 382 g/mol. The van der Waals surface area contributed by atoms with E-state index in [-0.39, 0.29) is 30.3 Å². The van der Waals surface area contributed by atoms with Crippen molar-refractivity contribution in [3.05, 3.63) is 18.5 Å². The third-order valence-electron chi connectivity index (χ3n) is 1.71. The van der Waals surface area contributed by atoms with Crippen molar-refractivity contribution in [2.75, 3.05) is 13.3 Å². The molecule has 0 fully saturated rings. The molecule has 0 aliphatic rings. The van der Waals surface area contributed by atoms with Gasteiger partial charge in [0.25, 0.3) is 0 Å². The van der Waals surface area contributed by atoms with Crippen LogP contribution in [-0.2, 0) is 22.4 Å². The molecule has 0 radical (unpaired) electrons. The molecule has 1 rings (SSSR count). The van der Waals surface area contributed by atoms with E-state index in [4.69, 9.17) is 0 Å². The smallest absolute Gasteiger partial charge is 0.582 e. The normalized spacial score (nSPS) is 10.0. The molecule has 0 bridgehead atoms. The van der Waals surface area contributed by atoms with Gasteiger partial charge in [0.05, 0.1) is 0 Å². The van der Waals surface area contributed by atoms with Gasteiger partial charge in [0.2, 0.25) is 0 Å². The van der Waals surface area contributed by atoms with Gasteiger partial charge in [0, 0.05) is 6.20 Å². The van der Waals surface area contributed by atoms with Crippen molar-refractivity contribution in [1.82, 2.24) is 10.2 Å². The summed E-state index contributed by atoms with van der Waals surface area (Å²) in [6.07, 6.45) is 3.28. The molecule has 4 heteroatoms. The van der Waals surface area contributed by atoms with Gasteiger partial charge in [-0.25, -0.2) is 0 Å². The maximum atomic E-state index is 3.47. The van der Waals surface area contributed by atoms with Crippen molar-refractivity contribution in [2.45, 2.75) is 25.9 Å². The summed E-state index contributed by atoms with van der Waals surface area (Å²) in [5.41, 5.74) is 0. The summed E-state index contributed by atoms with van der Waals surface area (Å²) in [5, 5.41) is 7.51. The zero-order valence-corrected chi connectivity index (χ0v) is 11.9. The average molecular weight is 382 g/mol. The first-order chi connectivity index (χ1) is 5.44. The van der Waals surface area contributed by atoms with Crippen molar-refractivity contribution < 1.29 is 22.4 Å². The molecule has 0 saturated heterocycles. The minimum absolute atomic E-state index is 0. The number of nitrogens with zero attached hydrogens (tertiary/aromatic N) is 2. The van der Waals surface area contributed by atoms with E-state index in [1.807, 2.05) is 0 Å². The van der Waals surface area contributed by atoms with Crippen LogP contribution in [0.3, 0.4) is 0 Å². The number of hydrogen-bond donors (Lipinski definition) is 0. The molecule has 1 heterocycles. The topological polar surface area (TPSA) is 27.0 Å². The van der Waals surface area contributed by atoms with E-state index in [0.717, 1.165) is 0 Å². The van der Waals surface area contributed by atoms with Gasteiger partial charge >= 0.3 is 22.4 Å². The molecule has 0 N–H and O–H groups in total. The summed E-state index contributed by atoms with van der Waals surface area (Å²) < 4.78 is 0. The van der Waals surface area contributed by atoms with Crippen LogP contribution in [0, 0.1) is 0 Å². The minimum Gasteiger partial charge on any atom is -0.582 e. The van der Waals surface area contributed by atoms with E-state index >= 15 is 0 Å². The summed E-state index contributed by atoms with van der Waals surface area (Å²) in [7, 11) is 0.258. The molecule has 1 aromatic heterocycles. The number of rotatable bonds is 0. The Labute approximate surface area is 98.2 Å². The van der Waals surface area contributed by atoms with Gasteiger partial charge in [0.1, 0.15) is 0 Å². The Morgan fingerprint density at radius 2 is 1.69 bits per heavy atom. The first-order valence-corrected chi connectivity index (χ1v) is 6.24. The van der Waals surface area contributed by atoms with Crippen LogP contribution in [0.5, 0.6) is 0 Å². The summed E-state index contributed by atoms with van der Waals surface area (Å²) in [6.45, 7) is 11.5. The Balaban J connectivity index is 0. The van der Waals surface area contributed by atoms with Gasteiger partial charge in [-0.3, -0.25) is 0 Å². The predicted molar refractivity (Wildman–Crippen MR) is 56.1 cm³/mol. The molecular formula is C9H18AuN2P. The fourth-order valence-electron chi connectivity index (χ4n) is 0.192. The summed E-state index contributed by atoms with van der Waals surface area (Å²) in [4.78, 5) is 0. The third-order valence-corrected chi connectivity index (χ3v) is 4.40. The van der Waals surface area contributed by atoms with Crippen molar-refractivity contribution >= 4 is 7.92 Å². The molecule has 13 heavy (non-hydrogen) atoms. The number of hydrogen-bond acceptors (Lipinski definition) is 1. The second-order valence-electron chi connectivity index (χ2n) is 3.79. The van der Waals surface area contributed by atoms with Crippen LogP contribution in [0.1, 0.15) is 20.8 Å². The second-order valence-corrected chi connectivity index (χ2v) is 6.92. The van der Waals surface area contributed by atoms with Gasteiger partial charge in [-0.15, -0.1) is 7.92 Å². The molecule has 0 atom stereocenters. The quantitative estimate of drug-likeness (QED) is 0.510. The molecule has 0 aliphatic carbocycles. The fraction of sp³-hybridized carbons (Fsp3) is 0.667. The van der Waals surface area contributed by atoms with Crippen LogP contribution in [0.4, 0.5) is 0 Å². The van der Waals surface area contributed by atoms with Crippen LogP contribution in [-0.4, -0.2) is 23.6 Å². The Morgan fingerprint density at radius 1 is 1.23 bits per heavy atom. The van der Waals surface area contributed by atoms with Crippen LogP contribution in [0.15, 0.2) is 18.5 Å². The van der Waals surface area contributed by atoms with E-state index < -0.39 is 0 Å². The standard InChI is InChI=1S/C6H15P.C3H3N2.Au/c1-6(2,3)7(4)5;1-2-4-5-3-1;/h1-5H3;1-3H;/q;-1;+1. The van der Waals surface area contributed by atoms with Crippen molar-refractivity contribution in [1.29, 1.82) is 0 Å². The van der Waals surface area contributed by atoms with Gasteiger partial charge < -0.3 is 10.2 Å². The van der Waals surface area contributed by atoms with Crippen LogP contribution in [0.2, 0.25) is 0 Å². The minimum atomic E-state index is 0. The summed E-state index contributed by atoms with van der Waals surface area (Å²) in [5.74, 6) is 0. The molecule has 80 valence electrons. The van der Waals surface area contributed by atoms with Crippen molar-refractivity contribution in [3.63, 3.8) is 0 Å². The molecule has 0 aromatic carbocycles. The third kappa shape index (κ3) is 10.3.